The molecule has 0 spiro atoms. The molecule has 8 rings (SSSR count). The topological polar surface area (TPSA) is 242 Å². The maximum Gasteiger partial charge on any atom is 0.338 e. The van der Waals surface area contributed by atoms with E-state index in [0.29, 0.717) is 11.3 Å². The second-order valence-electron chi connectivity index (χ2n) is 18.7. The van der Waals surface area contributed by atoms with Gasteiger partial charge in [0.2, 0.25) is 0 Å². The number of rotatable bonds is 10. The molecule has 364 valence electrons. The number of aliphatic hydroxyl groups excluding tert-OH is 2. The third kappa shape index (κ3) is 9.29. The highest BCUT2D eigenvalue weighted by Gasteiger charge is 2.78. The van der Waals surface area contributed by atoms with Crippen LogP contribution in [0.1, 0.15) is 86.7 Å². The van der Waals surface area contributed by atoms with Crippen LogP contribution in [0.3, 0.4) is 0 Å². The van der Waals surface area contributed by atoms with Gasteiger partial charge in [-0.15, -0.1) is 0 Å². The number of fused-ring (bicyclic) bond motifs is 5. The number of phenols is 1. The van der Waals surface area contributed by atoms with E-state index in [2.05, 4.69) is 5.32 Å². The van der Waals surface area contributed by atoms with Crippen LogP contribution in [0.2, 0.25) is 0 Å². The first-order valence-electron chi connectivity index (χ1n) is 22.6. The second-order valence-corrected chi connectivity index (χ2v) is 18.7. The van der Waals surface area contributed by atoms with Crippen LogP contribution in [0, 0.1) is 16.7 Å². The van der Waals surface area contributed by atoms with Gasteiger partial charge in [0.05, 0.1) is 35.6 Å². The third-order valence-corrected chi connectivity index (χ3v) is 14.2. The van der Waals surface area contributed by atoms with Crippen molar-refractivity contribution in [3.05, 3.63) is 149 Å². The van der Waals surface area contributed by atoms with Crippen molar-refractivity contribution in [1.29, 1.82) is 0 Å². The van der Waals surface area contributed by atoms with Crippen LogP contribution in [0.25, 0.3) is 0 Å². The summed E-state index contributed by atoms with van der Waals surface area (Å²) in [6, 6.07) is 31.7. The van der Waals surface area contributed by atoms with Gasteiger partial charge >= 0.3 is 23.9 Å². The monoisotopic (exact) mass is 947 g/mol. The van der Waals surface area contributed by atoms with Crippen molar-refractivity contribution in [3.63, 3.8) is 0 Å². The number of carbonyl (C=O) groups excluding carboxylic acids is 6. The lowest BCUT2D eigenvalue weighted by Gasteiger charge is -2.67. The van der Waals surface area contributed by atoms with E-state index in [1.54, 1.807) is 117 Å². The Morgan fingerprint density at radius 2 is 1.32 bits per heavy atom. The summed E-state index contributed by atoms with van der Waals surface area (Å²) in [5, 5.41) is 48.9. The molecule has 16 nitrogen and oxygen atoms in total. The molecule has 0 aromatic heterocycles. The van der Waals surface area contributed by atoms with E-state index in [1.807, 2.05) is 6.07 Å². The van der Waals surface area contributed by atoms with Crippen molar-refractivity contribution in [2.75, 3.05) is 6.61 Å². The molecule has 5 N–H and O–H groups in total. The first-order valence-corrected chi connectivity index (χ1v) is 22.6. The number of esters is 4. The number of benzene rings is 4. The third-order valence-electron chi connectivity index (χ3n) is 14.2. The van der Waals surface area contributed by atoms with Crippen LogP contribution in [0.5, 0.6) is 5.75 Å². The number of aliphatic hydroxyl groups is 3. The van der Waals surface area contributed by atoms with Crippen molar-refractivity contribution in [3.8, 4) is 5.75 Å². The van der Waals surface area contributed by atoms with Gasteiger partial charge in [-0.05, 0) is 67.0 Å². The van der Waals surface area contributed by atoms with Crippen molar-refractivity contribution >= 4 is 35.6 Å². The van der Waals surface area contributed by atoms with Gasteiger partial charge in [0.15, 0.2) is 23.6 Å². The Hall–Kier alpha value is -6.72. The Kier molecular flexibility index (Phi) is 14.3. The van der Waals surface area contributed by atoms with E-state index in [0.717, 1.165) is 13.8 Å². The maximum atomic E-state index is 15.5. The molecule has 4 aliphatic rings. The van der Waals surface area contributed by atoms with Crippen LogP contribution in [0.15, 0.2) is 132 Å². The summed E-state index contributed by atoms with van der Waals surface area (Å²) in [4.78, 5) is 83.5. The number of hydrogen-bond donors (Lipinski definition) is 5. The van der Waals surface area contributed by atoms with Crippen LogP contribution in [0.4, 0.5) is 0 Å². The predicted molar refractivity (Wildman–Crippen MR) is 246 cm³/mol. The first kappa shape index (κ1) is 50.2. The van der Waals surface area contributed by atoms with Crippen LogP contribution < -0.4 is 5.32 Å². The van der Waals surface area contributed by atoms with Crippen LogP contribution >= 0.6 is 0 Å². The van der Waals surface area contributed by atoms with Gasteiger partial charge in [0, 0.05) is 37.7 Å². The van der Waals surface area contributed by atoms with E-state index < -0.39 is 113 Å². The number of nitrogens with one attached hydrogen (secondary N) is 1. The highest BCUT2D eigenvalue weighted by atomic mass is 16.6. The molecule has 3 fully saturated rings. The summed E-state index contributed by atoms with van der Waals surface area (Å²) in [5.74, 6) is -6.52. The number of carbonyl (C=O) groups is 6. The number of ether oxygens (including phenoxy) is 5. The molecule has 2 saturated carbocycles. The lowest BCUT2D eigenvalue weighted by molar-refractivity contribution is -0.346. The number of Topliss-reactive ketones (excluding diaryl/α,β-unsaturated/α-hetero) is 1. The summed E-state index contributed by atoms with van der Waals surface area (Å²) >= 11 is 0. The molecule has 4 aromatic carbocycles. The van der Waals surface area contributed by atoms with Crippen molar-refractivity contribution < 1.29 is 72.9 Å². The Labute approximate surface area is 399 Å². The first-order chi connectivity index (χ1) is 32.7. The van der Waals surface area contributed by atoms with Crippen LogP contribution in [-0.4, -0.2) is 110 Å². The zero-order valence-electron chi connectivity index (χ0n) is 39.1. The lowest BCUT2D eigenvalue weighted by Crippen LogP contribution is -2.82. The Morgan fingerprint density at radius 1 is 0.768 bits per heavy atom. The number of para-hydroxylation sites is 1. The van der Waals surface area contributed by atoms with E-state index in [9.17, 15) is 39.3 Å². The Bertz CT molecular complexity index is 2590. The molecule has 0 radical (unpaired) electrons. The summed E-state index contributed by atoms with van der Waals surface area (Å²) in [6.07, 6.45) is -10.5. The number of aromatic hydroxyl groups is 1. The van der Waals surface area contributed by atoms with Gasteiger partial charge in [0.1, 0.15) is 29.7 Å². The van der Waals surface area contributed by atoms with Gasteiger partial charge in [-0.2, -0.15) is 0 Å². The molecule has 69 heavy (non-hydrogen) atoms. The summed E-state index contributed by atoms with van der Waals surface area (Å²) in [5.41, 5.74) is -7.02. The highest BCUT2D eigenvalue weighted by Crippen LogP contribution is 2.64. The number of amides is 1. The molecule has 1 amide bonds. The summed E-state index contributed by atoms with van der Waals surface area (Å²) < 4.78 is 30.3. The number of ketones is 1. The molecule has 3 aliphatic carbocycles. The normalized spacial score (nSPS) is 29.5. The second kappa shape index (κ2) is 19.7. The largest absolute Gasteiger partial charge is 0.508 e. The average Bonchev–Trinajstić information content (AvgIpc) is 3.32. The minimum absolute atomic E-state index is 0.00289. The molecular formula is C53H57NO15. The Morgan fingerprint density at radius 3 is 1.83 bits per heavy atom. The van der Waals surface area contributed by atoms with Gasteiger partial charge in [0.25, 0.3) is 5.91 Å². The van der Waals surface area contributed by atoms with Gasteiger partial charge in [-0.1, -0.05) is 98.8 Å². The lowest BCUT2D eigenvalue weighted by atomic mass is 9.44. The number of phenolic OH excluding ortho intramolecular Hbond substituents is 1. The molecule has 2 bridgehead atoms. The molecular weight excluding hydrogens is 891 g/mol. The van der Waals surface area contributed by atoms with E-state index in [1.165, 1.54) is 26.0 Å². The highest BCUT2D eigenvalue weighted by molar-refractivity contribution is 5.96. The van der Waals surface area contributed by atoms with Crippen molar-refractivity contribution in [1.82, 2.24) is 5.32 Å². The molecule has 4 aromatic rings. The fourth-order valence-corrected chi connectivity index (χ4v) is 10.6. The minimum atomic E-state index is -2.39. The maximum absolute atomic E-state index is 15.5. The Balaban J connectivity index is 0.000000921. The SMILES string of the molecule is CC(=O)O[C@H]1C(=O)[C@@]2(C)[C@H]([C@H](OC(=O)c3ccccc3)[C@]3(O)C[C@H](OC(=O)[C@H](O)[C@@H](NC(=O)c4ccccc4)c4ccccc4)C(C)=C1C3(C)C)[C@]1(OC(C)=O)CO[C@@H]1C[C@@H]2O.Oc1ccccc1. The zero-order chi connectivity index (χ0) is 50.1. The summed E-state index contributed by atoms with van der Waals surface area (Å²) in [6.45, 7) is 7.97. The standard InChI is InChI=1S/C47H51NO14.C6H6O/c1-25-31(60-43(56)36(52)35(28-16-10-7-11-17-28)48-41(54)29-18-12-8-13-19-29)23-47(57)40(61-42(55)30-20-14-9-15-21-30)38-45(6,32(51)22-33-46(38,24-58-33)62-27(3)50)39(53)37(59-26(2)49)34(25)44(47,4)5;7-6-4-2-1-3-5-6/h7-21,31-33,35-38,40,51-52,57H,22-24H2,1-6H3,(H,48,54);1-5,7H/t31-,32-,33+,35-,36+,37+,38-,40-,45+,46-,47+;/m0./s1. The van der Waals surface area contributed by atoms with Crippen molar-refractivity contribution in [2.45, 2.75) is 108 Å². The molecule has 11 atom stereocenters. The molecule has 1 saturated heterocycles. The average molecular weight is 948 g/mol. The van der Waals surface area contributed by atoms with Gasteiger partial charge in [-0.3, -0.25) is 19.2 Å². The van der Waals surface area contributed by atoms with E-state index in [-0.39, 0.29) is 35.3 Å². The van der Waals surface area contributed by atoms with E-state index >= 15 is 4.79 Å². The minimum Gasteiger partial charge on any atom is -0.508 e. The quantitative estimate of drug-likeness (QED) is 0.0787. The predicted octanol–water partition coefficient (Wildman–Crippen LogP) is 5.13. The van der Waals surface area contributed by atoms with Crippen LogP contribution in [-0.2, 0) is 42.9 Å². The molecule has 1 aliphatic heterocycles. The summed E-state index contributed by atoms with van der Waals surface area (Å²) in [7, 11) is 0. The molecule has 0 unspecified atom stereocenters. The fraction of sp³-hybridized carbons (Fsp3) is 0.396. The molecule has 16 heteroatoms. The number of hydrogen-bond acceptors (Lipinski definition) is 15. The van der Waals surface area contributed by atoms with Gasteiger partial charge < -0.3 is 49.4 Å². The van der Waals surface area contributed by atoms with Gasteiger partial charge in [-0.25, -0.2) is 9.59 Å². The molecule has 1 heterocycles. The van der Waals surface area contributed by atoms with Crippen molar-refractivity contribution in [2.24, 2.45) is 16.7 Å². The fourth-order valence-electron chi connectivity index (χ4n) is 10.6. The smallest absolute Gasteiger partial charge is 0.338 e. The van der Waals surface area contributed by atoms with E-state index in [4.69, 9.17) is 28.8 Å². The zero-order valence-corrected chi connectivity index (χ0v) is 39.1.